The predicted molar refractivity (Wildman–Crippen MR) is 169 cm³/mol. The fourth-order valence-corrected chi connectivity index (χ4v) is 6.75. The van der Waals surface area contributed by atoms with E-state index < -0.39 is 35.4 Å². The molecule has 2 heterocycles. The fraction of sp³-hybridized carbons (Fsp3) is 0.429. The number of pyridine rings is 1. The summed E-state index contributed by atoms with van der Waals surface area (Å²) in [6.45, 7) is 0.537. The van der Waals surface area contributed by atoms with Crippen LogP contribution in [0.25, 0.3) is 22.2 Å². The molecule has 5 atom stereocenters. The SMILES string of the molecule is COc1ccc2c(O[C@@H]3C[C@H]4C(=O)N[C@]5(C(=O)O)C[C@H]5/C=C\CCCCN(N(C)C)C(=O)[C@@H]4C3)cc(-c3ccccc3)nc2c1. The number of allylic oxidation sites excluding steroid dienone is 1. The van der Waals surface area contributed by atoms with Crippen molar-refractivity contribution in [3.8, 4) is 22.8 Å². The second-order valence-corrected chi connectivity index (χ2v) is 12.5. The lowest BCUT2D eigenvalue weighted by Crippen LogP contribution is -2.51. The molecule has 2 N–H and O–H groups in total. The quantitative estimate of drug-likeness (QED) is 0.385. The molecule has 45 heavy (non-hydrogen) atoms. The van der Waals surface area contributed by atoms with E-state index >= 15 is 0 Å². The molecule has 236 valence electrons. The number of nitrogens with one attached hydrogen (secondary N) is 1. The normalized spacial score (nSPS) is 27.7. The van der Waals surface area contributed by atoms with Gasteiger partial charge in [0.1, 0.15) is 23.1 Å². The van der Waals surface area contributed by atoms with Crippen molar-refractivity contribution >= 4 is 28.7 Å². The molecule has 1 aromatic heterocycles. The van der Waals surface area contributed by atoms with E-state index in [-0.39, 0.29) is 18.2 Å². The third-order valence-electron chi connectivity index (χ3n) is 9.35. The maximum atomic E-state index is 14.1. The van der Waals surface area contributed by atoms with Crippen LogP contribution in [0.3, 0.4) is 0 Å². The van der Waals surface area contributed by atoms with Crippen molar-refractivity contribution in [2.45, 2.75) is 50.2 Å². The number of carboxylic acids is 1. The Morgan fingerprint density at radius 2 is 1.84 bits per heavy atom. The van der Waals surface area contributed by atoms with Crippen LogP contribution in [0.15, 0.2) is 66.7 Å². The minimum Gasteiger partial charge on any atom is -0.497 e. The first-order valence-electron chi connectivity index (χ1n) is 15.6. The molecule has 3 aromatic rings. The number of rotatable bonds is 6. The molecule has 2 amide bonds. The van der Waals surface area contributed by atoms with Gasteiger partial charge in [0.2, 0.25) is 11.8 Å². The summed E-state index contributed by atoms with van der Waals surface area (Å²) in [5, 5.41) is 17.2. The summed E-state index contributed by atoms with van der Waals surface area (Å²) in [6.07, 6.45) is 6.85. The summed E-state index contributed by atoms with van der Waals surface area (Å²) in [5.74, 6) is -2.01. The number of aliphatic carboxylic acids is 1. The summed E-state index contributed by atoms with van der Waals surface area (Å²) < 4.78 is 12.1. The van der Waals surface area contributed by atoms with Crippen LogP contribution in [0.1, 0.15) is 38.5 Å². The number of benzene rings is 2. The number of carboxylic acid groups (broad SMARTS) is 1. The van der Waals surface area contributed by atoms with Gasteiger partial charge in [-0.05, 0) is 50.7 Å². The zero-order valence-electron chi connectivity index (χ0n) is 25.9. The standard InChI is InChI=1S/C35H40N4O6/c1-38(2)39-16-10-5-4-9-13-23-21-35(23,34(42)43)37-32(40)27-17-25(18-28(27)33(39)41)45-31-20-29(22-11-7-6-8-12-22)36-30-19-24(44-3)14-15-26(30)31/h6-9,11-15,19-20,23,25,27-28H,4-5,10,16-18,21H2,1-3H3,(H,37,40)(H,42,43)/b13-9-/t23-,25-,27-,28-,35-/m1/s1. The Balaban J connectivity index is 1.35. The largest absolute Gasteiger partial charge is 0.497 e. The Labute approximate surface area is 263 Å². The minimum absolute atomic E-state index is 0.148. The number of amides is 2. The third kappa shape index (κ3) is 6.11. The average Bonchev–Trinajstić information content (AvgIpc) is 3.57. The Morgan fingerprint density at radius 1 is 1.07 bits per heavy atom. The molecule has 0 spiro atoms. The second-order valence-electron chi connectivity index (χ2n) is 12.5. The lowest BCUT2D eigenvalue weighted by atomic mass is 9.93. The molecule has 0 unspecified atom stereocenters. The second kappa shape index (κ2) is 12.5. The number of aromatic nitrogens is 1. The van der Waals surface area contributed by atoms with E-state index in [2.05, 4.69) is 5.32 Å². The highest BCUT2D eigenvalue weighted by Gasteiger charge is 2.61. The molecular formula is C35H40N4O6. The van der Waals surface area contributed by atoms with Gasteiger partial charge in [-0.25, -0.2) is 14.8 Å². The van der Waals surface area contributed by atoms with Crippen molar-refractivity contribution in [3.63, 3.8) is 0 Å². The van der Waals surface area contributed by atoms with Gasteiger partial charge in [0.05, 0.1) is 30.2 Å². The van der Waals surface area contributed by atoms with Gasteiger partial charge >= 0.3 is 5.97 Å². The Morgan fingerprint density at radius 3 is 2.58 bits per heavy atom. The highest BCUT2D eigenvalue weighted by molar-refractivity contribution is 5.94. The molecular weight excluding hydrogens is 572 g/mol. The van der Waals surface area contributed by atoms with Crippen LogP contribution in [0.2, 0.25) is 0 Å². The number of carbonyl (C=O) groups excluding carboxylic acids is 2. The van der Waals surface area contributed by atoms with Crippen molar-refractivity contribution in [1.82, 2.24) is 20.3 Å². The van der Waals surface area contributed by atoms with Gasteiger partial charge in [0.25, 0.3) is 0 Å². The molecule has 2 saturated carbocycles. The van der Waals surface area contributed by atoms with Crippen molar-refractivity contribution in [2.24, 2.45) is 17.8 Å². The van der Waals surface area contributed by atoms with E-state index in [1.807, 2.05) is 80.8 Å². The highest BCUT2D eigenvalue weighted by atomic mass is 16.5. The zero-order valence-corrected chi connectivity index (χ0v) is 25.9. The maximum Gasteiger partial charge on any atom is 0.330 e. The van der Waals surface area contributed by atoms with Crippen molar-refractivity contribution < 1.29 is 29.0 Å². The summed E-state index contributed by atoms with van der Waals surface area (Å²) in [6, 6.07) is 17.3. The first-order valence-corrected chi connectivity index (χ1v) is 15.6. The molecule has 2 aromatic carbocycles. The average molecular weight is 613 g/mol. The number of hydrogen-bond donors (Lipinski definition) is 2. The molecule has 1 aliphatic heterocycles. The number of methoxy groups -OCH3 is 1. The first-order chi connectivity index (χ1) is 21.7. The van der Waals surface area contributed by atoms with E-state index in [4.69, 9.17) is 14.5 Å². The van der Waals surface area contributed by atoms with Crippen LogP contribution in [0.4, 0.5) is 0 Å². The number of hydrazine groups is 1. The molecule has 6 rings (SSSR count). The van der Waals surface area contributed by atoms with Gasteiger partial charge in [0.15, 0.2) is 0 Å². The van der Waals surface area contributed by atoms with Gasteiger partial charge < -0.3 is 19.9 Å². The van der Waals surface area contributed by atoms with Crippen molar-refractivity contribution in [1.29, 1.82) is 0 Å². The monoisotopic (exact) mass is 612 g/mol. The summed E-state index contributed by atoms with van der Waals surface area (Å²) in [4.78, 5) is 45.2. The zero-order chi connectivity index (χ0) is 31.7. The minimum atomic E-state index is -1.34. The maximum absolute atomic E-state index is 14.1. The van der Waals surface area contributed by atoms with Crippen LogP contribution < -0.4 is 14.8 Å². The topological polar surface area (TPSA) is 121 Å². The van der Waals surface area contributed by atoms with Crippen molar-refractivity contribution in [3.05, 3.63) is 66.7 Å². The van der Waals surface area contributed by atoms with E-state index in [9.17, 15) is 19.5 Å². The molecule has 2 aliphatic carbocycles. The van der Waals surface area contributed by atoms with Gasteiger partial charge in [-0.15, -0.1) is 0 Å². The van der Waals surface area contributed by atoms with Gasteiger partial charge in [-0.1, -0.05) is 42.5 Å². The van der Waals surface area contributed by atoms with Crippen LogP contribution >= 0.6 is 0 Å². The Bertz CT molecular complexity index is 1630. The van der Waals surface area contributed by atoms with Gasteiger partial charge in [-0.3, -0.25) is 14.6 Å². The third-order valence-corrected chi connectivity index (χ3v) is 9.35. The molecule has 0 saturated heterocycles. The van der Waals surface area contributed by atoms with E-state index in [0.717, 1.165) is 35.9 Å². The Kier molecular flexibility index (Phi) is 8.50. The molecule has 0 bridgehead atoms. The van der Waals surface area contributed by atoms with Crippen LogP contribution in [0, 0.1) is 17.8 Å². The summed E-state index contributed by atoms with van der Waals surface area (Å²) in [5.41, 5.74) is 1.02. The van der Waals surface area contributed by atoms with Crippen LogP contribution in [-0.2, 0) is 14.4 Å². The molecule has 2 fully saturated rings. The summed E-state index contributed by atoms with van der Waals surface area (Å²) in [7, 11) is 5.27. The lowest BCUT2D eigenvalue weighted by Gasteiger charge is -2.33. The lowest BCUT2D eigenvalue weighted by molar-refractivity contribution is -0.153. The molecule has 0 radical (unpaired) electrons. The number of fused-ring (bicyclic) bond motifs is 3. The number of carbonyl (C=O) groups is 3. The number of ether oxygens (including phenoxy) is 2. The Hall–Kier alpha value is -4.44. The van der Waals surface area contributed by atoms with Crippen LogP contribution in [0.5, 0.6) is 11.5 Å². The molecule has 3 aliphatic rings. The number of nitrogens with zero attached hydrogens (tertiary/aromatic N) is 3. The smallest absolute Gasteiger partial charge is 0.330 e. The molecule has 10 nitrogen and oxygen atoms in total. The van der Waals surface area contributed by atoms with Gasteiger partial charge in [-0.2, -0.15) is 0 Å². The predicted octanol–water partition coefficient (Wildman–Crippen LogP) is 4.69. The summed E-state index contributed by atoms with van der Waals surface area (Å²) >= 11 is 0. The molecule has 10 heteroatoms. The van der Waals surface area contributed by atoms with E-state index in [0.29, 0.717) is 36.4 Å². The van der Waals surface area contributed by atoms with E-state index in [1.165, 1.54) is 0 Å². The number of hydrogen-bond acceptors (Lipinski definition) is 7. The van der Waals surface area contributed by atoms with Crippen LogP contribution in [-0.4, -0.2) is 77.3 Å². The van der Waals surface area contributed by atoms with E-state index in [1.54, 1.807) is 17.1 Å². The van der Waals surface area contributed by atoms with Crippen molar-refractivity contribution in [2.75, 3.05) is 27.7 Å². The fourth-order valence-electron chi connectivity index (χ4n) is 6.75. The van der Waals surface area contributed by atoms with Gasteiger partial charge in [0, 0.05) is 49.6 Å². The highest BCUT2D eigenvalue weighted by Crippen LogP contribution is 2.47. The first kappa shape index (κ1) is 30.6.